The molecule has 0 bridgehead atoms. The highest BCUT2D eigenvalue weighted by Crippen LogP contribution is 2.23. The number of hydrogen-bond donors (Lipinski definition) is 1. The fraction of sp³-hybridized carbons (Fsp3) is 0.350. The summed E-state index contributed by atoms with van der Waals surface area (Å²) in [6, 6.07) is 17.6. The summed E-state index contributed by atoms with van der Waals surface area (Å²) in [6.45, 7) is 2.40. The van der Waals surface area contributed by atoms with Crippen LogP contribution in [0.5, 0.6) is 5.75 Å². The largest absolute Gasteiger partial charge is 0.497 e. The average molecular weight is 343 g/mol. The molecule has 134 valence electrons. The van der Waals surface area contributed by atoms with E-state index in [9.17, 15) is 4.79 Å². The van der Waals surface area contributed by atoms with Crippen LogP contribution in [0.25, 0.3) is 0 Å². The number of ether oxygens (including phenoxy) is 3. The van der Waals surface area contributed by atoms with Gasteiger partial charge in [-0.05, 0) is 23.3 Å². The Bertz CT molecular complexity index is 660. The van der Waals surface area contributed by atoms with E-state index >= 15 is 0 Å². The molecule has 2 rings (SSSR count). The maximum Gasteiger partial charge on any atom is 0.303 e. The lowest BCUT2D eigenvalue weighted by Gasteiger charge is -2.23. The van der Waals surface area contributed by atoms with Gasteiger partial charge in [-0.2, -0.15) is 0 Å². The number of rotatable bonds is 9. The van der Waals surface area contributed by atoms with E-state index in [0.717, 1.165) is 16.9 Å². The first-order valence-corrected chi connectivity index (χ1v) is 8.22. The highest BCUT2D eigenvalue weighted by atomic mass is 16.5. The molecule has 0 spiro atoms. The molecular formula is C20H25NO4. The Kier molecular flexibility index (Phi) is 7.44. The summed E-state index contributed by atoms with van der Waals surface area (Å²) >= 11 is 0. The molecule has 0 radical (unpaired) electrons. The number of methoxy groups -OCH3 is 2. The molecular weight excluding hydrogens is 318 g/mol. The zero-order valence-corrected chi connectivity index (χ0v) is 14.9. The van der Waals surface area contributed by atoms with Crippen LogP contribution >= 0.6 is 0 Å². The molecule has 25 heavy (non-hydrogen) atoms. The molecule has 0 amide bonds. The Morgan fingerprint density at radius 1 is 1.04 bits per heavy atom. The first kappa shape index (κ1) is 19.0. The normalized spacial score (nSPS) is 13.1. The maximum atomic E-state index is 11.5. The van der Waals surface area contributed by atoms with Crippen LogP contribution in [-0.4, -0.2) is 33.3 Å². The smallest absolute Gasteiger partial charge is 0.303 e. The topological polar surface area (TPSA) is 56.8 Å². The van der Waals surface area contributed by atoms with Gasteiger partial charge in [0, 0.05) is 20.6 Å². The monoisotopic (exact) mass is 343 g/mol. The molecule has 0 aromatic heterocycles. The summed E-state index contributed by atoms with van der Waals surface area (Å²) < 4.78 is 16.1. The van der Waals surface area contributed by atoms with Crippen molar-refractivity contribution < 1.29 is 19.0 Å². The van der Waals surface area contributed by atoms with Crippen molar-refractivity contribution in [3.8, 4) is 5.75 Å². The van der Waals surface area contributed by atoms with Crippen LogP contribution in [0.3, 0.4) is 0 Å². The minimum absolute atomic E-state index is 0.00914. The molecule has 0 unspecified atom stereocenters. The van der Waals surface area contributed by atoms with Crippen LogP contribution < -0.4 is 10.1 Å². The second-order valence-electron chi connectivity index (χ2n) is 5.70. The molecule has 2 aromatic rings. The number of esters is 1. The molecule has 0 fully saturated rings. The van der Waals surface area contributed by atoms with Crippen LogP contribution in [0.1, 0.15) is 30.2 Å². The van der Waals surface area contributed by atoms with E-state index in [2.05, 4.69) is 5.32 Å². The second-order valence-corrected chi connectivity index (χ2v) is 5.70. The zero-order valence-electron chi connectivity index (χ0n) is 14.9. The van der Waals surface area contributed by atoms with Gasteiger partial charge < -0.3 is 19.5 Å². The van der Waals surface area contributed by atoms with Gasteiger partial charge in [0.2, 0.25) is 0 Å². The molecule has 0 saturated heterocycles. The van der Waals surface area contributed by atoms with E-state index in [4.69, 9.17) is 14.2 Å². The van der Waals surface area contributed by atoms with Gasteiger partial charge >= 0.3 is 5.97 Å². The van der Waals surface area contributed by atoms with Gasteiger partial charge in [-0.25, -0.2) is 0 Å². The summed E-state index contributed by atoms with van der Waals surface area (Å²) in [5, 5.41) is 3.44. The Labute approximate surface area is 148 Å². The van der Waals surface area contributed by atoms with Gasteiger partial charge in [0.15, 0.2) is 0 Å². The van der Waals surface area contributed by atoms with Crippen molar-refractivity contribution in [3.63, 3.8) is 0 Å². The van der Waals surface area contributed by atoms with E-state index in [-0.39, 0.29) is 12.0 Å². The SMILES string of the molecule is COC[C@@H](NC[C@H](OC(C)=O)c1cccc(OC)c1)c1ccccc1. The molecule has 5 heteroatoms. The third kappa shape index (κ3) is 5.89. The third-order valence-electron chi connectivity index (χ3n) is 3.86. The molecule has 5 nitrogen and oxygen atoms in total. The van der Waals surface area contributed by atoms with Crippen molar-refractivity contribution in [1.82, 2.24) is 5.32 Å². The van der Waals surface area contributed by atoms with E-state index in [1.54, 1.807) is 14.2 Å². The van der Waals surface area contributed by atoms with Crippen molar-refractivity contribution in [2.24, 2.45) is 0 Å². The number of carbonyl (C=O) groups is 1. The fourth-order valence-electron chi connectivity index (χ4n) is 2.64. The van der Waals surface area contributed by atoms with Crippen molar-refractivity contribution in [2.45, 2.75) is 19.1 Å². The van der Waals surface area contributed by atoms with Gasteiger partial charge in [0.05, 0.1) is 19.8 Å². The van der Waals surface area contributed by atoms with Gasteiger partial charge in [-0.15, -0.1) is 0 Å². The first-order valence-electron chi connectivity index (χ1n) is 8.22. The minimum atomic E-state index is -0.407. The maximum absolute atomic E-state index is 11.5. The summed E-state index contributed by atoms with van der Waals surface area (Å²) in [6.07, 6.45) is -0.407. The molecule has 0 heterocycles. The predicted molar refractivity (Wildman–Crippen MR) is 96.6 cm³/mol. The lowest BCUT2D eigenvalue weighted by Crippen LogP contribution is -2.31. The van der Waals surface area contributed by atoms with E-state index in [0.29, 0.717) is 13.2 Å². The molecule has 0 saturated carbocycles. The fourth-order valence-corrected chi connectivity index (χ4v) is 2.64. The number of carbonyl (C=O) groups excluding carboxylic acids is 1. The van der Waals surface area contributed by atoms with E-state index < -0.39 is 6.10 Å². The van der Waals surface area contributed by atoms with Gasteiger partial charge in [-0.1, -0.05) is 42.5 Å². The molecule has 1 N–H and O–H groups in total. The summed E-state index contributed by atoms with van der Waals surface area (Å²) in [7, 11) is 3.28. The predicted octanol–water partition coefficient (Wildman–Crippen LogP) is 3.28. The third-order valence-corrected chi connectivity index (χ3v) is 3.86. The van der Waals surface area contributed by atoms with Crippen LogP contribution in [0.4, 0.5) is 0 Å². The van der Waals surface area contributed by atoms with Crippen LogP contribution in [0, 0.1) is 0 Å². The first-order chi connectivity index (χ1) is 12.1. The lowest BCUT2D eigenvalue weighted by atomic mass is 10.1. The van der Waals surface area contributed by atoms with E-state index in [1.807, 2.05) is 54.6 Å². The molecule has 0 aliphatic rings. The highest BCUT2D eigenvalue weighted by Gasteiger charge is 2.19. The highest BCUT2D eigenvalue weighted by molar-refractivity contribution is 5.66. The molecule has 2 atom stereocenters. The molecule has 2 aromatic carbocycles. The zero-order chi connectivity index (χ0) is 18.1. The number of benzene rings is 2. The standard InChI is InChI=1S/C20H25NO4/c1-15(22)25-20(17-10-7-11-18(12-17)24-3)13-21-19(14-23-2)16-8-5-4-6-9-16/h4-12,19-21H,13-14H2,1-3H3/t19-,20+/m1/s1. The minimum Gasteiger partial charge on any atom is -0.497 e. The molecule has 0 aliphatic carbocycles. The Balaban J connectivity index is 2.13. The van der Waals surface area contributed by atoms with Crippen molar-refractivity contribution in [2.75, 3.05) is 27.4 Å². The van der Waals surface area contributed by atoms with Crippen LogP contribution in [-0.2, 0) is 14.3 Å². The van der Waals surface area contributed by atoms with Crippen LogP contribution in [0.15, 0.2) is 54.6 Å². The molecule has 0 aliphatic heterocycles. The Hall–Kier alpha value is -2.37. The van der Waals surface area contributed by atoms with E-state index in [1.165, 1.54) is 6.92 Å². The Morgan fingerprint density at radius 3 is 2.40 bits per heavy atom. The lowest BCUT2D eigenvalue weighted by molar-refractivity contribution is -0.146. The number of nitrogens with one attached hydrogen (secondary N) is 1. The summed E-state index contributed by atoms with van der Waals surface area (Å²) in [5.41, 5.74) is 2.00. The number of hydrogen-bond acceptors (Lipinski definition) is 5. The summed E-state index contributed by atoms with van der Waals surface area (Å²) in [4.78, 5) is 11.5. The van der Waals surface area contributed by atoms with Gasteiger partial charge in [0.1, 0.15) is 11.9 Å². The van der Waals surface area contributed by atoms with Gasteiger partial charge in [-0.3, -0.25) is 4.79 Å². The van der Waals surface area contributed by atoms with Crippen LogP contribution in [0.2, 0.25) is 0 Å². The van der Waals surface area contributed by atoms with Crippen molar-refractivity contribution in [3.05, 3.63) is 65.7 Å². The van der Waals surface area contributed by atoms with Crippen molar-refractivity contribution in [1.29, 1.82) is 0 Å². The van der Waals surface area contributed by atoms with Gasteiger partial charge in [0.25, 0.3) is 0 Å². The van der Waals surface area contributed by atoms with Crippen molar-refractivity contribution >= 4 is 5.97 Å². The Morgan fingerprint density at radius 2 is 1.76 bits per heavy atom. The average Bonchev–Trinajstić information content (AvgIpc) is 2.64. The summed E-state index contributed by atoms with van der Waals surface area (Å²) in [5.74, 6) is 0.406. The second kappa shape index (κ2) is 9.81. The quantitative estimate of drug-likeness (QED) is 0.708.